The van der Waals surface area contributed by atoms with E-state index < -0.39 is 12.0 Å². The number of aromatic nitrogens is 1. The molecule has 2 aromatic heterocycles. The van der Waals surface area contributed by atoms with Crippen LogP contribution < -0.4 is 14.9 Å². The van der Waals surface area contributed by atoms with Gasteiger partial charge in [-0.2, -0.15) is 0 Å². The second-order valence-corrected chi connectivity index (χ2v) is 9.37. The van der Waals surface area contributed by atoms with Crippen LogP contribution in [-0.2, 0) is 9.53 Å². The van der Waals surface area contributed by atoms with Gasteiger partial charge in [0.25, 0.3) is 5.56 Å². The molecule has 8 heteroatoms. The molecule has 0 saturated carbocycles. The number of hydrogen-bond donors (Lipinski definition) is 0. The number of carbonyl (C=O) groups is 1. The summed E-state index contributed by atoms with van der Waals surface area (Å²) in [5.74, 6) is 0.733. The fraction of sp³-hybridized carbons (Fsp3) is 0.148. The topological polar surface area (TPSA) is 73.8 Å². The van der Waals surface area contributed by atoms with Crippen LogP contribution in [0.4, 0.5) is 0 Å². The molecule has 5 rings (SSSR count). The Morgan fingerprint density at radius 1 is 1.14 bits per heavy atom. The lowest BCUT2D eigenvalue weighted by Gasteiger charge is -2.24. The van der Waals surface area contributed by atoms with E-state index in [0.717, 1.165) is 11.1 Å². The maximum Gasteiger partial charge on any atom is 0.338 e. The van der Waals surface area contributed by atoms with Crippen LogP contribution in [0.5, 0.6) is 0 Å². The van der Waals surface area contributed by atoms with Crippen molar-refractivity contribution in [3.05, 3.63) is 114 Å². The number of halogens is 1. The Morgan fingerprint density at radius 3 is 2.60 bits per heavy atom. The van der Waals surface area contributed by atoms with Crippen LogP contribution in [0, 0.1) is 0 Å². The van der Waals surface area contributed by atoms with Crippen LogP contribution in [0.2, 0.25) is 5.02 Å². The van der Waals surface area contributed by atoms with Gasteiger partial charge in [0, 0.05) is 16.7 Å². The summed E-state index contributed by atoms with van der Waals surface area (Å²) in [4.78, 5) is 31.6. The van der Waals surface area contributed by atoms with Crippen LogP contribution in [0.15, 0.2) is 92.2 Å². The molecule has 0 aliphatic carbocycles. The molecule has 1 aliphatic heterocycles. The van der Waals surface area contributed by atoms with Gasteiger partial charge >= 0.3 is 5.97 Å². The van der Waals surface area contributed by atoms with E-state index in [1.165, 1.54) is 11.3 Å². The Morgan fingerprint density at radius 2 is 1.89 bits per heavy atom. The summed E-state index contributed by atoms with van der Waals surface area (Å²) >= 11 is 7.24. The van der Waals surface area contributed by atoms with Crippen molar-refractivity contribution in [2.75, 3.05) is 6.61 Å². The fourth-order valence-corrected chi connectivity index (χ4v) is 5.22. The molecule has 6 nitrogen and oxygen atoms in total. The van der Waals surface area contributed by atoms with Gasteiger partial charge in [-0.1, -0.05) is 53.3 Å². The van der Waals surface area contributed by atoms with Gasteiger partial charge < -0.3 is 9.15 Å². The molecule has 0 radical (unpaired) electrons. The van der Waals surface area contributed by atoms with Gasteiger partial charge in [-0.15, -0.1) is 0 Å². The van der Waals surface area contributed by atoms with Crippen molar-refractivity contribution in [1.82, 2.24) is 4.57 Å². The average molecular weight is 505 g/mol. The molecule has 0 spiro atoms. The van der Waals surface area contributed by atoms with Gasteiger partial charge in [0.2, 0.25) is 0 Å². The predicted octanol–water partition coefficient (Wildman–Crippen LogP) is 4.71. The average Bonchev–Trinajstić information content (AvgIpc) is 3.44. The van der Waals surface area contributed by atoms with E-state index in [1.54, 1.807) is 36.6 Å². The molecule has 0 amide bonds. The molecule has 1 atom stereocenters. The summed E-state index contributed by atoms with van der Waals surface area (Å²) in [6, 6.07) is 19.8. The van der Waals surface area contributed by atoms with Crippen molar-refractivity contribution in [2.45, 2.75) is 19.9 Å². The largest absolute Gasteiger partial charge is 0.463 e. The van der Waals surface area contributed by atoms with Gasteiger partial charge in [0.05, 0.1) is 28.5 Å². The fourth-order valence-electron chi connectivity index (χ4n) is 4.07. The molecule has 0 bridgehead atoms. The van der Waals surface area contributed by atoms with Crippen LogP contribution in [0.3, 0.4) is 0 Å². The van der Waals surface area contributed by atoms with Gasteiger partial charge in [0.1, 0.15) is 11.5 Å². The van der Waals surface area contributed by atoms with Crippen molar-refractivity contribution >= 4 is 35.0 Å². The number of ether oxygens (including phenoxy) is 1. The summed E-state index contributed by atoms with van der Waals surface area (Å²) < 4.78 is 13.3. The van der Waals surface area contributed by atoms with Crippen molar-refractivity contribution in [1.29, 1.82) is 0 Å². The number of fused-ring (bicyclic) bond motifs is 1. The van der Waals surface area contributed by atoms with Crippen LogP contribution in [0.25, 0.3) is 17.4 Å². The van der Waals surface area contributed by atoms with E-state index in [-0.39, 0.29) is 12.2 Å². The quantitative estimate of drug-likeness (QED) is 0.369. The highest BCUT2D eigenvalue weighted by molar-refractivity contribution is 7.07. The van der Waals surface area contributed by atoms with E-state index in [4.69, 9.17) is 20.8 Å². The number of hydrogen-bond acceptors (Lipinski definition) is 6. The normalized spacial score (nSPS) is 15.6. The highest BCUT2D eigenvalue weighted by atomic mass is 35.5. The van der Waals surface area contributed by atoms with Crippen LogP contribution in [0.1, 0.15) is 31.2 Å². The Balaban J connectivity index is 1.62. The molecule has 4 aromatic rings. The van der Waals surface area contributed by atoms with Crippen molar-refractivity contribution in [3.8, 4) is 11.3 Å². The zero-order valence-electron chi connectivity index (χ0n) is 19.0. The number of rotatable bonds is 5. The molecule has 3 heterocycles. The third kappa shape index (κ3) is 4.40. The summed E-state index contributed by atoms with van der Waals surface area (Å²) in [6.45, 7) is 3.75. The van der Waals surface area contributed by atoms with E-state index >= 15 is 0 Å². The Labute approximate surface area is 210 Å². The molecule has 176 valence electrons. The maximum absolute atomic E-state index is 13.6. The standard InChI is InChI=1S/C27H21ClN2O4S/c1-3-33-26(32)23-16(2)29-27-30(24(23)18-7-5-4-6-8-18)25(31)22(35-27)15-20-13-14-21(34-20)17-9-11-19(28)12-10-17/h4-15,24H,3H2,1-2H3. The van der Waals surface area contributed by atoms with E-state index in [2.05, 4.69) is 4.99 Å². The smallest absolute Gasteiger partial charge is 0.338 e. The SMILES string of the molecule is CCOC(=O)C1=C(C)N=c2sc(=Cc3ccc(-c4ccc(Cl)cc4)o3)c(=O)n2C1c1ccccc1. The Bertz CT molecular complexity index is 1610. The molecule has 0 N–H and O–H groups in total. The lowest BCUT2D eigenvalue weighted by molar-refractivity contribution is -0.139. The van der Waals surface area contributed by atoms with E-state index in [0.29, 0.717) is 37.1 Å². The first-order valence-corrected chi connectivity index (χ1v) is 12.3. The highest BCUT2D eigenvalue weighted by Gasteiger charge is 2.33. The van der Waals surface area contributed by atoms with Crippen molar-refractivity contribution < 1.29 is 13.9 Å². The monoisotopic (exact) mass is 504 g/mol. The maximum atomic E-state index is 13.6. The van der Waals surface area contributed by atoms with Crippen LogP contribution in [-0.4, -0.2) is 17.1 Å². The minimum atomic E-state index is -0.630. The number of allylic oxidation sites excluding steroid dienone is 1. The first-order valence-electron chi connectivity index (χ1n) is 11.1. The molecule has 0 fully saturated rings. The number of furan rings is 1. The second kappa shape index (κ2) is 9.52. The Hall–Kier alpha value is -3.68. The first-order chi connectivity index (χ1) is 17.0. The predicted molar refractivity (Wildman–Crippen MR) is 136 cm³/mol. The third-order valence-electron chi connectivity index (χ3n) is 5.66. The summed E-state index contributed by atoms with van der Waals surface area (Å²) in [5.41, 5.74) is 2.34. The molecule has 0 saturated heterocycles. The lowest BCUT2D eigenvalue weighted by atomic mass is 9.96. The molecule has 35 heavy (non-hydrogen) atoms. The number of nitrogens with zero attached hydrogens (tertiary/aromatic N) is 2. The lowest BCUT2D eigenvalue weighted by Crippen LogP contribution is -2.39. The minimum Gasteiger partial charge on any atom is -0.463 e. The van der Waals surface area contributed by atoms with E-state index in [9.17, 15) is 9.59 Å². The molecule has 2 aromatic carbocycles. The molecular formula is C27H21ClN2O4S. The number of thiazole rings is 1. The van der Waals surface area contributed by atoms with Crippen molar-refractivity contribution in [3.63, 3.8) is 0 Å². The summed E-state index contributed by atoms with van der Waals surface area (Å²) in [7, 11) is 0. The minimum absolute atomic E-state index is 0.232. The zero-order valence-corrected chi connectivity index (χ0v) is 20.6. The molecular weight excluding hydrogens is 484 g/mol. The number of esters is 1. The second-order valence-electron chi connectivity index (χ2n) is 7.92. The number of carbonyl (C=O) groups excluding carboxylic acids is 1. The molecule has 1 unspecified atom stereocenters. The van der Waals surface area contributed by atoms with Gasteiger partial charge in [-0.25, -0.2) is 9.79 Å². The zero-order chi connectivity index (χ0) is 24.5. The molecule has 1 aliphatic rings. The van der Waals surface area contributed by atoms with Gasteiger partial charge in [-0.3, -0.25) is 9.36 Å². The van der Waals surface area contributed by atoms with E-state index in [1.807, 2.05) is 54.6 Å². The van der Waals surface area contributed by atoms with Gasteiger partial charge in [0.15, 0.2) is 4.80 Å². The highest BCUT2D eigenvalue weighted by Crippen LogP contribution is 2.30. The third-order valence-corrected chi connectivity index (χ3v) is 6.90. The Kier molecular flexibility index (Phi) is 6.28. The summed E-state index contributed by atoms with van der Waals surface area (Å²) in [5, 5.41) is 0.645. The van der Waals surface area contributed by atoms with Gasteiger partial charge in [-0.05, 0) is 55.8 Å². The van der Waals surface area contributed by atoms with Crippen LogP contribution >= 0.6 is 22.9 Å². The number of benzene rings is 2. The van der Waals surface area contributed by atoms with Crippen molar-refractivity contribution in [2.24, 2.45) is 4.99 Å². The summed E-state index contributed by atoms with van der Waals surface area (Å²) in [6.07, 6.45) is 1.70. The first kappa shape index (κ1) is 23.1.